The molecule has 0 bridgehead atoms. The molecule has 2 aromatic carbocycles. The minimum Gasteiger partial charge on any atom is -0.390 e. The van der Waals surface area contributed by atoms with E-state index in [9.17, 15) is 4.79 Å². The molecule has 0 saturated heterocycles. The molecular formula is C20H20Cl2N2O2. The molecule has 1 unspecified atom stereocenters. The number of nitrogens with zero attached hydrogens (tertiary/aromatic N) is 2. The average molecular weight is 391 g/mol. The molecule has 1 aliphatic heterocycles. The van der Waals surface area contributed by atoms with Crippen LogP contribution in [0, 0.1) is 0 Å². The zero-order valence-electron chi connectivity index (χ0n) is 14.5. The number of oxime groups is 1. The van der Waals surface area contributed by atoms with Crippen molar-refractivity contribution in [2.24, 2.45) is 5.16 Å². The van der Waals surface area contributed by atoms with Crippen molar-refractivity contribution in [3.8, 4) is 0 Å². The maximum absolute atomic E-state index is 12.4. The average Bonchev–Trinajstić information content (AvgIpc) is 3.11. The molecule has 0 spiro atoms. The molecule has 4 nitrogen and oxygen atoms in total. The molecule has 6 heteroatoms. The Balaban J connectivity index is 1.68. The van der Waals surface area contributed by atoms with Crippen molar-refractivity contribution in [1.29, 1.82) is 0 Å². The van der Waals surface area contributed by atoms with E-state index in [1.807, 2.05) is 55.5 Å². The molecule has 2 aromatic rings. The van der Waals surface area contributed by atoms with Gasteiger partial charge in [-0.05, 0) is 17.7 Å². The third kappa shape index (κ3) is 4.37. The quantitative estimate of drug-likeness (QED) is 0.701. The third-order valence-electron chi connectivity index (χ3n) is 4.32. The van der Waals surface area contributed by atoms with E-state index < -0.39 is 0 Å². The van der Waals surface area contributed by atoms with Crippen LogP contribution in [0.5, 0.6) is 0 Å². The van der Waals surface area contributed by atoms with Gasteiger partial charge in [-0.1, -0.05) is 71.7 Å². The van der Waals surface area contributed by atoms with Gasteiger partial charge in [-0.15, -0.1) is 0 Å². The molecule has 1 aliphatic rings. The van der Waals surface area contributed by atoms with Gasteiger partial charge in [0.1, 0.15) is 0 Å². The monoisotopic (exact) mass is 390 g/mol. The van der Waals surface area contributed by atoms with Gasteiger partial charge in [-0.25, -0.2) is 0 Å². The molecule has 1 heterocycles. The fraction of sp³-hybridized carbons (Fsp3) is 0.300. The normalized spacial score (nSPS) is 16.1. The minimum atomic E-state index is -0.195. The van der Waals surface area contributed by atoms with Crippen LogP contribution < -0.4 is 0 Å². The minimum absolute atomic E-state index is 0.0553. The number of hydrogen-bond acceptors (Lipinski definition) is 3. The molecular weight excluding hydrogens is 371 g/mol. The lowest BCUT2D eigenvalue weighted by Gasteiger charge is -2.25. The summed E-state index contributed by atoms with van der Waals surface area (Å²) in [4.78, 5) is 19.7. The highest BCUT2D eigenvalue weighted by molar-refractivity contribution is 6.34. The first-order valence-corrected chi connectivity index (χ1v) is 9.32. The SMILES string of the molecule is CCC(=O)N(Cc1ccccc1Cl)CC1CC(c2ccccc2Cl)=NO1. The van der Waals surface area contributed by atoms with E-state index in [0.717, 1.165) is 16.8 Å². The first-order valence-electron chi connectivity index (χ1n) is 8.57. The molecule has 1 amide bonds. The maximum atomic E-state index is 12.4. The van der Waals surface area contributed by atoms with Crippen molar-refractivity contribution in [2.75, 3.05) is 6.54 Å². The number of rotatable bonds is 6. The van der Waals surface area contributed by atoms with E-state index >= 15 is 0 Å². The van der Waals surface area contributed by atoms with E-state index in [-0.39, 0.29) is 12.0 Å². The standard InChI is InChI=1S/C20H20Cl2N2O2/c1-2-20(25)24(12-14-7-3-5-9-17(14)21)13-15-11-19(23-26-15)16-8-4-6-10-18(16)22/h3-10,15H,2,11-13H2,1H3. The van der Waals surface area contributed by atoms with E-state index in [2.05, 4.69) is 5.16 Å². The number of halogens is 2. The summed E-state index contributed by atoms with van der Waals surface area (Å²) in [5, 5.41) is 5.48. The second kappa shape index (κ2) is 8.56. The predicted molar refractivity (Wildman–Crippen MR) is 105 cm³/mol. The Bertz CT molecular complexity index is 823. The number of benzene rings is 2. The molecule has 0 saturated carbocycles. The fourth-order valence-electron chi connectivity index (χ4n) is 2.94. The summed E-state index contributed by atoms with van der Waals surface area (Å²) in [5.74, 6) is 0.0553. The number of hydrogen-bond donors (Lipinski definition) is 0. The number of amides is 1. The van der Waals surface area contributed by atoms with Gasteiger partial charge < -0.3 is 9.74 Å². The van der Waals surface area contributed by atoms with Crippen LogP contribution in [0.3, 0.4) is 0 Å². The first-order chi connectivity index (χ1) is 12.6. The lowest BCUT2D eigenvalue weighted by molar-refractivity contribution is -0.133. The topological polar surface area (TPSA) is 41.9 Å². The molecule has 0 N–H and O–H groups in total. The van der Waals surface area contributed by atoms with Crippen LogP contribution in [0.2, 0.25) is 10.0 Å². The Morgan fingerprint density at radius 1 is 1.15 bits per heavy atom. The molecule has 136 valence electrons. The largest absolute Gasteiger partial charge is 0.390 e. The van der Waals surface area contributed by atoms with Crippen molar-refractivity contribution >= 4 is 34.8 Å². The van der Waals surface area contributed by atoms with Crippen molar-refractivity contribution in [2.45, 2.75) is 32.4 Å². The molecule has 0 aliphatic carbocycles. The highest BCUT2D eigenvalue weighted by Gasteiger charge is 2.27. The summed E-state index contributed by atoms with van der Waals surface area (Å²) in [6, 6.07) is 15.1. The highest BCUT2D eigenvalue weighted by Crippen LogP contribution is 2.24. The van der Waals surface area contributed by atoms with Gasteiger partial charge >= 0.3 is 0 Å². The Labute approximate surface area is 163 Å². The van der Waals surface area contributed by atoms with Gasteiger partial charge in [0.2, 0.25) is 5.91 Å². The Morgan fingerprint density at radius 2 is 1.85 bits per heavy atom. The van der Waals surface area contributed by atoms with Crippen LogP contribution in [-0.4, -0.2) is 29.2 Å². The smallest absolute Gasteiger partial charge is 0.222 e. The van der Waals surface area contributed by atoms with Gasteiger partial charge in [0.05, 0.1) is 12.3 Å². The Hall–Kier alpha value is -2.04. The summed E-state index contributed by atoms with van der Waals surface area (Å²) in [7, 11) is 0. The van der Waals surface area contributed by atoms with Crippen molar-refractivity contribution in [3.05, 3.63) is 69.7 Å². The van der Waals surface area contributed by atoms with Crippen LogP contribution >= 0.6 is 23.2 Å². The maximum Gasteiger partial charge on any atom is 0.222 e. The zero-order chi connectivity index (χ0) is 18.5. The van der Waals surface area contributed by atoms with Crippen molar-refractivity contribution in [1.82, 2.24) is 4.90 Å². The van der Waals surface area contributed by atoms with Crippen LogP contribution in [0.4, 0.5) is 0 Å². The van der Waals surface area contributed by atoms with Crippen molar-refractivity contribution < 1.29 is 9.63 Å². The van der Waals surface area contributed by atoms with E-state index in [1.165, 1.54) is 0 Å². The Morgan fingerprint density at radius 3 is 2.54 bits per heavy atom. The Kier molecular flexibility index (Phi) is 6.17. The number of carbonyl (C=O) groups is 1. The lowest BCUT2D eigenvalue weighted by Crippen LogP contribution is -2.37. The van der Waals surface area contributed by atoms with Gasteiger partial charge in [-0.2, -0.15) is 0 Å². The third-order valence-corrected chi connectivity index (χ3v) is 5.01. The molecule has 26 heavy (non-hydrogen) atoms. The van der Waals surface area contributed by atoms with Gasteiger partial charge in [0.15, 0.2) is 6.10 Å². The molecule has 3 rings (SSSR count). The lowest BCUT2D eigenvalue weighted by atomic mass is 10.0. The zero-order valence-corrected chi connectivity index (χ0v) is 16.0. The van der Waals surface area contributed by atoms with Gasteiger partial charge in [0, 0.05) is 35.0 Å². The fourth-order valence-corrected chi connectivity index (χ4v) is 3.38. The molecule has 1 atom stereocenters. The predicted octanol–water partition coefficient (Wildman–Crippen LogP) is 4.93. The summed E-state index contributed by atoms with van der Waals surface area (Å²) in [6.45, 7) is 2.76. The number of carbonyl (C=O) groups excluding carboxylic acids is 1. The van der Waals surface area contributed by atoms with Gasteiger partial charge in [0.25, 0.3) is 0 Å². The summed E-state index contributed by atoms with van der Waals surface area (Å²) in [5.41, 5.74) is 2.60. The van der Waals surface area contributed by atoms with Crippen LogP contribution in [0.15, 0.2) is 53.7 Å². The second-order valence-electron chi connectivity index (χ2n) is 6.17. The van der Waals surface area contributed by atoms with Crippen LogP contribution in [0.25, 0.3) is 0 Å². The molecule has 0 aromatic heterocycles. The summed E-state index contributed by atoms with van der Waals surface area (Å²) < 4.78 is 0. The van der Waals surface area contributed by atoms with Crippen LogP contribution in [0.1, 0.15) is 30.9 Å². The second-order valence-corrected chi connectivity index (χ2v) is 6.98. The molecule has 0 fully saturated rings. The van der Waals surface area contributed by atoms with Crippen LogP contribution in [-0.2, 0) is 16.2 Å². The molecule has 0 radical (unpaired) electrons. The summed E-state index contributed by atoms with van der Waals surface area (Å²) in [6.07, 6.45) is 0.842. The van der Waals surface area contributed by atoms with Crippen molar-refractivity contribution in [3.63, 3.8) is 0 Å². The van der Waals surface area contributed by atoms with E-state index in [4.69, 9.17) is 28.0 Å². The highest BCUT2D eigenvalue weighted by atomic mass is 35.5. The van der Waals surface area contributed by atoms with E-state index in [1.54, 1.807) is 4.90 Å². The summed E-state index contributed by atoms with van der Waals surface area (Å²) >= 11 is 12.5. The first kappa shape index (κ1) is 18.7. The van der Waals surface area contributed by atoms with E-state index in [0.29, 0.717) is 36.0 Å². The van der Waals surface area contributed by atoms with Gasteiger partial charge in [-0.3, -0.25) is 4.79 Å².